The Morgan fingerprint density at radius 2 is 1.73 bits per heavy atom. The van der Waals surface area contributed by atoms with E-state index in [-0.39, 0.29) is 11.6 Å². The molecule has 0 spiro atoms. The van der Waals surface area contributed by atoms with E-state index in [0.717, 1.165) is 34.5 Å². The summed E-state index contributed by atoms with van der Waals surface area (Å²) in [5.41, 5.74) is 4.20. The Morgan fingerprint density at radius 1 is 0.927 bits per heavy atom. The van der Waals surface area contributed by atoms with Crippen LogP contribution in [0.2, 0.25) is 0 Å². The van der Waals surface area contributed by atoms with E-state index >= 15 is 0 Å². The number of hydrogen-bond acceptors (Lipinski definition) is 7. The third-order valence-corrected chi connectivity index (χ3v) is 7.32. The summed E-state index contributed by atoms with van der Waals surface area (Å²) in [6.45, 7) is 4.34. The van der Waals surface area contributed by atoms with Gasteiger partial charge in [0.05, 0.1) is 22.2 Å². The van der Waals surface area contributed by atoms with Gasteiger partial charge in [-0.3, -0.25) is 14.9 Å². The molecule has 0 bridgehead atoms. The van der Waals surface area contributed by atoms with Crippen molar-refractivity contribution in [3.05, 3.63) is 118 Å². The van der Waals surface area contributed by atoms with E-state index in [9.17, 15) is 14.9 Å². The Bertz CT molecular complexity index is 1720. The molecule has 0 radical (unpaired) electrons. The maximum atomic E-state index is 13.3. The molecule has 1 aliphatic rings. The molecule has 1 saturated heterocycles. The summed E-state index contributed by atoms with van der Waals surface area (Å²) in [4.78, 5) is 38.0. The SMILES string of the molecule is Cc1ccc(Cc2nc(N3CCCN(C(=O)c4cccc([N+](=O)[O-])c4)CC3)c3cnn(-c4ccccc4)c3n2)cc1. The minimum absolute atomic E-state index is 0.0905. The fourth-order valence-corrected chi connectivity index (χ4v) is 5.17. The summed E-state index contributed by atoms with van der Waals surface area (Å²) in [6, 6.07) is 24.2. The predicted octanol–water partition coefficient (Wildman–Crippen LogP) is 4.98. The van der Waals surface area contributed by atoms with Crippen molar-refractivity contribution < 1.29 is 9.72 Å². The number of nitrogens with zero attached hydrogens (tertiary/aromatic N) is 7. The van der Waals surface area contributed by atoms with Gasteiger partial charge in [0.1, 0.15) is 11.6 Å². The van der Waals surface area contributed by atoms with Crippen molar-refractivity contribution in [3.63, 3.8) is 0 Å². The molecule has 0 aliphatic carbocycles. The molecule has 3 heterocycles. The van der Waals surface area contributed by atoms with E-state index in [2.05, 4.69) is 41.2 Å². The zero-order chi connectivity index (χ0) is 28.3. The van der Waals surface area contributed by atoms with Gasteiger partial charge in [-0.1, -0.05) is 54.1 Å². The van der Waals surface area contributed by atoms with Crippen molar-refractivity contribution in [2.24, 2.45) is 0 Å². The molecule has 0 unspecified atom stereocenters. The highest BCUT2D eigenvalue weighted by molar-refractivity contribution is 5.95. The molecule has 1 amide bonds. The number of anilines is 1. The molecule has 0 atom stereocenters. The summed E-state index contributed by atoms with van der Waals surface area (Å²) in [5, 5.41) is 16.7. The van der Waals surface area contributed by atoms with E-state index < -0.39 is 4.92 Å². The van der Waals surface area contributed by atoms with Crippen LogP contribution in [0.3, 0.4) is 0 Å². The van der Waals surface area contributed by atoms with Crippen molar-refractivity contribution in [1.82, 2.24) is 24.6 Å². The minimum Gasteiger partial charge on any atom is -0.354 e. The first-order valence-corrected chi connectivity index (χ1v) is 13.6. The number of aromatic nitrogens is 4. The second-order valence-corrected chi connectivity index (χ2v) is 10.2. The second-order valence-electron chi connectivity index (χ2n) is 10.2. The Morgan fingerprint density at radius 3 is 2.51 bits per heavy atom. The van der Waals surface area contributed by atoms with Crippen molar-refractivity contribution in [3.8, 4) is 5.69 Å². The fraction of sp³-hybridized carbons (Fsp3) is 0.226. The zero-order valence-corrected chi connectivity index (χ0v) is 22.7. The van der Waals surface area contributed by atoms with Gasteiger partial charge in [0.2, 0.25) is 0 Å². The quantitative estimate of drug-likeness (QED) is 0.218. The van der Waals surface area contributed by atoms with Crippen LogP contribution in [0.1, 0.15) is 33.7 Å². The summed E-state index contributed by atoms with van der Waals surface area (Å²) >= 11 is 0. The minimum atomic E-state index is -0.481. The van der Waals surface area contributed by atoms with Crippen molar-refractivity contribution in [2.75, 3.05) is 31.1 Å². The number of benzene rings is 3. The van der Waals surface area contributed by atoms with Crippen LogP contribution in [0.15, 0.2) is 85.1 Å². The molecule has 5 aromatic rings. The van der Waals surface area contributed by atoms with Gasteiger partial charge >= 0.3 is 0 Å². The maximum Gasteiger partial charge on any atom is 0.270 e. The number of aryl methyl sites for hydroxylation is 1. The number of fused-ring (bicyclic) bond motifs is 1. The van der Waals surface area contributed by atoms with Crippen molar-refractivity contribution in [1.29, 1.82) is 0 Å². The van der Waals surface area contributed by atoms with Crippen molar-refractivity contribution >= 4 is 28.4 Å². The lowest BCUT2D eigenvalue weighted by Gasteiger charge is -2.24. The molecule has 206 valence electrons. The van der Waals surface area contributed by atoms with Gasteiger partial charge in [-0.05, 0) is 37.1 Å². The Balaban J connectivity index is 1.32. The molecule has 1 fully saturated rings. The lowest BCUT2D eigenvalue weighted by atomic mass is 10.1. The molecule has 0 N–H and O–H groups in total. The Kier molecular flexibility index (Phi) is 7.11. The van der Waals surface area contributed by atoms with Gasteiger partial charge in [0.15, 0.2) is 5.65 Å². The lowest BCUT2D eigenvalue weighted by molar-refractivity contribution is -0.384. The largest absolute Gasteiger partial charge is 0.354 e. The van der Waals surface area contributed by atoms with Gasteiger partial charge in [-0.15, -0.1) is 0 Å². The number of rotatable bonds is 6. The molecule has 10 heteroatoms. The highest BCUT2D eigenvalue weighted by Gasteiger charge is 2.25. The maximum absolute atomic E-state index is 13.3. The van der Waals surface area contributed by atoms with E-state index in [4.69, 9.17) is 9.97 Å². The van der Waals surface area contributed by atoms with Crippen LogP contribution in [0.5, 0.6) is 0 Å². The van der Waals surface area contributed by atoms with Gasteiger partial charge in [0.25, 0.3) is 11.6 Å². The summed E-state index contributed by atoms with van der Waals surface area (Å²) in [6.07, 6.45) is 3.12. The molecule has 6 rings (SSSR count). The summed E-state index contributed by atoms with van der Waals surface area (Å²) < 4.78 is 1.84. The standard InChI is InChI=1S/C31H29N7O3/c1-22-11-13-23(14-12-22)19-28-33-29(27-21-32-37(30(27)34-28)25-8-3-2-4-9-25)35-15-6-16-36(18-17-35)31(39)24-7-5-10-26(20-24)38(40)41/h2-5,7-14,20-21H,6,15-19H2,1H3. The van der Waals surface area contributed by atoms with Crippen LogP contribution in [-0.2, 0) is 6.42 Å². The van der Waals surface area contributed by atoms with Crippen LogP contribution < -0.4 is 4.90 Å². The smallest absolute Gasteiger partial charge is 0.270 e. The first kappa shape index (κ1) is 26.1. The first-order chi connectivity index (χ1) is 20.0. The molecule has 0 saturated carbocycles. The normalized spacial score (nSPS) is 13.8. The molecular formula is C31H29N7O3. The van der Waals surface area contributed by atoms with E-state index in [1.165, 1.54) is 17.7 Å². The van der Waals surface area contributed by atoms with Crippen LogP contribution >= 0.6 is 0 Å². The van der Waals surface area contributed by atoms with Crippen molar-refractivity contribution in [2.45, 2.75) is 19.8 Å². The summed E-state index contributed by atoms with van der Waals surface area (Å²) in [7, 11) is 0. The van der Waals surface area contributed by atoms with Crippen LogP contribution in [0.25, 0.3) is 16.7 Å². The molecule has 3 aromatic carbocycles. The third-order valence-electron chi connectivity index (χ3n) is 7.32. The molecule has 41 heavy (non-hydrogen) atoms. The molecule has 2 aromatic heterocycles. The van der Waals surface area contributed by atoms with Gasteiger partial charge in [0, 0.05) is 50.3 Å². The highest BCUT2D eigenvalue weighted by Crippen LogP contribution is 2.28. The van der Waals surface area contributed by atoms with Crippen LogP contribution in [-0.4, -0.2) is 61.7 Å². The number of nitro groups is 1. The van der Waals surface area contributed by atoms with E-state index in [1.54, 1.807) is 17.0 Å². The average Bonchev–Trinajstić information content (AvgIpc) is 3.27. The predicted molar refractivity (Wildman–Crippen MR) is 156 cm³/mol. The van der Waals surface area contributed by atoms with Crippen LogP contribution in [0.4, 0.5) is 11.5 Å². The monoisotopic (exact) mass is 547 g/mol. The van der Waals surface area contributed by atoms with Gasteiger partial charge in [-0.2, -0.15) is 5.10 Å². The third kappa shape index (κ3) is 5.49. The number of non-ortho nitro benzene ring substituents is 1. The van der Waals surface area contributed by atoms with E-state index in [1.807, 2.05) is 41.2 Å². The molecular weight excluding hydrogens is 518 g/mol. The van der Waals surface area contributed by atoms with E-state index in [0.29, 0.717) is 44.0 Å². The number of carbonyl (C=O) groups is 1. The van der Waals surface area contributed by atoms with Gasteiger partial charge < -0.3 is 9.80 Å². The lowest BCUT2D eigenvalue weighted by Crippen LogP contribution is -2.35. The second kappa shape index (κ2) is 11.2. The number of nitro benzene ring substituents is 1. The summed E-state index contributed by atoms with van der Waals surface area (Å²) in [5.74, 6) is 1.28. The number of hydrogen-bond donors (Lipinski definition) is 0. The number of para-hydroxylation sites is 1. The Labute approximate surface area is 237 Å². The van der Waals surface area contributed by atoms with Crippen LogP contribution in [0, 0.1) is 17.0 Å². The highest BCUT2D eigenvalue weighted by atomic mass is 16.6. The van der Waals surface area contributed by atoms with Gasteiger partial charge in [-0.25, -0.2) is 14.6 Å². The zero-order valence-electron chi connectivity index (χ0n) is 22.7. The fourth-order valence-electron chi connectivity index (χ4n) is 5.17. The number of carbonyl (C=O) groups excluding carboxylic acids is 1. The first-order valence-electron chi connectivity index (χ1n) is 13.6. The topological polar surface area (TPSA) is 110 Å². The molecule has 10 nitrogen and oxygen atoms in total. The number of amides is 1. The average molecular weight is 548 g/mol. The Hall–Kier alpha value is -5.12. The molecule has 1 aliphatic heterocycles.